The molecule has 1 unspecified atom stereocenters. The van der Waals surface area contributed by atoms with Crippen molar-refractivity contribution in [3.05, 3.63) is 23.5 Å². The molecular weight excluding hydrogens is 277 g/mol. The molecule has 2 aliphatic rings. The Bertz CT molecular complexity index is 659. The van der Waals surface area contributed by atoms with Gasteiger partial charge in [0, 0.05) is 13.1 Å². The fourth-order valence-corrected chi connectivity index (χ4v) is 2.78. The zero-order chi connectivity index (χ0) is 15.1. The van der Waals surface area contributed by atoms with Gasteiger partial charge in [-0.3, -0.25) is 14.4 Å². The van der Waals surface area contributed by atoms with Gasteiger partial charge < -0.3 is 15.5 Å². The van der Waals surface area contributed by atoms with Crippen LogP contribution in [0.1, 0.15) is 23.7 Å². The van der Waals surface area contributed by atoms with Crippen LogP contribution in [0.2, 0.25) is 0 Å². The summed E-state index contributed by atoms with van der Waals surface area (Å²) in [6.07, 6.45) is 0.535. The van der Waals surface area contributed by atoms with Crippen molar-refractivity contribution >= 4 is 29.0 Å². The Balaban J connectivity index is 2.03. The van der Waals surface area contributed by atoms with Crippen LogP contribution in [0.5, 0.6) is 0 Å². The number of ketones is 1. The maximum Gasteiger partial charge on any atom is 0.296 e. The highest BCUT2D eigenvalue weighted by molar-refractivity contribution is 6.51. The standard InChI is InChI=1S/C14H14FN3O3/c1-2-10-13(20)16-3-4-18(10)11-6-9-7(5-8(11)15)12(19)14(21)17-9/h5-6,10H,2-4H2,1H3,(H,16,20)(H,17,19,21). The van der Waals surface area contributed by atoms with E-state index >= 15 is 0 Å². The Hall–Kier alpha value is -2.44. The molecule has 2 N–H and O–H groups in total. The number of carbonyl (C=O) groups excluding carboxylic acids is 3. The van der Waals surface area contributed by atoms with Crippen LogP contribution < -0.4 is 15.5 Å². The molecule has 0 spiro atoms. The number of carbonyl (C=O) groups is 3. The van der Waals surface area contributed by atoms with E-state index in [1.54, 1.807) is 4.90 Å². The number of anilines is 2. The van der Waals surface area contributed by atoms with E-state index in [9.17, 15) is 18.8 Å². The van der Waals surface area contributed by atoms with E-state index in [0.717, 1.165) is 6.07 Å². The molecule has 3 rings (SSSR count). The SMILES string of the molecule is CCC1C(=O)NCCN1c1cc2c(cc1F)C(=O)C(=O)N2. The van der Waals surface area contributed by atoms with Crippen LogP contribution in [0.25, 0.3) is 0 Å². The van der Waals surface area contributed by atoms with Crippen LogP contribution in [0.15, 0.2) is 12.1 Å². The number of fused-ring (bicyclic) bond motifs is 1. The summed E-state index contributed by atoms with van der Waals surface area (Å²) in [4.78, 5) is 36.4. The second kappa shape index (κ2) is 4.83. The van der Waals surface area contributed by atoms with E-state index in [2.05, 4.69) is 10.6 Å². The van der Waals surface area contributed by atoms with Crippen molar-refractivity contribution in [3.8, 4) is 0 Å². The summed E-state index contributed by atoms with van der Waals surface area (Å²) in [7, 11) is 0. The van der Waals surface area contributed by atoms with Gasteiger partial charge in [0.1, 0.15) is 11.9 Å². The summed E-state index contributed by atoms with van der Waals surface area (Å²) < 4.78 is 14.3. The molecule has 0 radical (unpaired) electrons. The largest absolute Gasteiger partial charge is 0.355 e. The second-order valence-corrected chi connectivity index (χ2v) is 5.04. The predicted molar refractivity (Wildman–Crippen MR) is 73.8 cm³/mol. The number of piperazine rings is 1. The normalized spacial score (nSPS) is 21.1. The maximum absolute atomic E-state index is 14.3. The zero-order valence-electron chi connectivity index (χ0n) is 11.4. The number of hydrogen-bond acceptors (Lipinski definition) is 4. The number of halogens is 1. The van der Waals surface area contributed by atoms with Gasteiger partial charge in [-0.15, -0.1) is 0 Å². The van der Waals surface area contributed by atoms with E-state index in [4.69, 9.17) is 0 Å². The molecule has 0 aliphatic carbocycles. The lowest BCUT2D eigenvalue weighted by Crippen LogP contribution is -2.55. The van der Waals surface area contributed by atoms with Crippen molar-refractivity contribution in [2.45, 2.75) is 19.4 Å². The molecule has 2 aliphatic heterocycles. The Morgan fingerprint density at radius 1 is 1.33 bits per heavy atom. The molecule has 1 fully saturated rings. The quantitative estimate of drug-likeness (QED) is 0.785. The number of rotatable bonds is 2. The van der Waals surface area contributed by atoms with Crippen molar-refractivity contribution in [2.75, 3.05) is 23.3 Å². The fraction of sp³-hybridized carbons (Fsp3) is 0.357. The second-order valence-electron chi connectivity index (χ2n) is 5.04. The third kappa shape index (κ3) is 2.05. The zero-order valence-corrected chi connectivity index (χ0v) is 11.4. The van der Waals surface area contributed by atoms with E-state index in [1.807, 2.05) is 6.92 Å². The highest BCUT2D eigenvalue weighted by Gasteiger charge is 2.34. The molecule has 6 nitrogen and oxygen atoms in total. The van der Waals surface area contributed by atoms with Gasteiger partial charge >= 0.3 is 0 Å². The molecule has 110 valence electrons. The molecular formula is C14H14FN3O3. The topological polar surface area (TPSA) is 78.5 Å². The monoisotopic (exact) mass is 291 g/mol. The average Bonchev–Trinajstić information content (AvgIpc) is 2.73. The van der Waals surface area contributed by atoms with Gasteiger partial charge in [0.15, 0.2) is 0 Å². The number of Topliss-reactive ketones (excluding diaryl/α,β-unsaturated/α-hetero) is 1. The molecule has 2 heterocycles. The number of hydrogen-bond donors (Lipinski definition) is 2. The molecule has 0 aromatic heterocycles. The first-order valence-electron chi connectivity index (χ1n) is 6.76. The van der Waals surface area contributed by atoms with Crippen LogP contribution in [0.4, 0.5) is 15.8 Å². The highest BCUT2D eigenvalue weighted by atomic mass is 19.1. The van der Waals surface area contributed by atoms with E-state index in [1.165, 1.54) is 6.07 Å². The first-order valence-corrected chi connectivity index (χ1v) is 6.76. The summed E-state index contributed by atoms with van der Waals surface area (Å²) in [6, 6.07) is 2.03. The lowest BCUT2D eigenvalue weighted by Gasteiger charge is -2.36. The first kappa shape index (κ1) is 13.5. The van der Waals surface area contributed by atoms with Gasteiger partial charge in [-0.2, -0.15) is 0 Å². The van der Waals surface area contributed by atoms with Crippen molar-refractivity contribution in [2.24, 2.45) is 0 Å². The minimum absolute atomic E-state index is 0.0377. The summed E-state index contributed by atoms with van der Waals surface area (Å²) in [5.74, 6) is -2.25. The molecule has 1 aromatic rings. The minimum atomic E-state index is -0.759. The van der Waals surface area contributed by atoms with Gasteiger partial charge in [-0.1, -0.05) is 6.92 Å². The van der Waals surface area contributed by atoms with Gasteiger partial charge in [-0.05, 0) is 18.6 Å². The molecule has 21 heavy (non-hydrogen) atoms. The van der Waals surface area contributed by atoms with Crippen molar-refractivity contribution < 1.29 is 18.8 Å². The lowest BCUT2D eigenvalue weighted by atomic mass is 10.1. The van der Waals surface area contributed by atoms with Crippen LogP contribution in [-0.2, 0) is 9.59 Å². The number of nitrogens with one attached hydrogen (secondary N) is 2. The molecule has 7 heteroatoms. The molecule has 1 saturated heterocycles. The Labute approximate surface area is 120 Å². The third-order valence-corrected chi connectivity index (χ3v) is 3.81. The average molecular weight is 291 g/mol. The van der Waals surface area contributed by atoms with Crippen molar-refractivity contribution in [1.29, 1.82) is 0 Å². The third-order valence-electron chi connectivity index (χ3n) is 3.81. The first-order chi connectivity index (χ1) is 10.0. The van der Waals surface area contributed by atoms with Crippen molar-refractivity contribution in [3.63, 3.8) is 0 Å². The number of amides is 2. The van der Waals surface area contributed by atoms with E-state index in [-0.39, 0.29) is 17.2 Å². The summed E-state index contributed by atoms with van der Waals surface area (Å²) >= 11 is 0. The Morgan fingerprint density at radius 3 is 2.81 bits per heavy atom. The maximum atomic E-state index is 14.3. The van der Waals surface area contributed by atoms with Crippen molar-refractivity contribution in [1.82, 2.24) is 5.32 Å². The van der Waals surface area contributed by atoms with E-state index in [0.29, 0.717) is 25.2 Å². The lowest BCUT2D eigenvalue weighted by molar-refractivity contribution is -0.123. The summed E-state index contributed by atoms with van der Waals surface area (Å²) in [6.45, 7) is 2.75. The van der Waals surface area contributed by atoms with E-state index < -0.39 is 23.5 Å². The predicted octanol–water partition coefficient (Wildman–Crippen LogP) is 0.675. The highest BCUT2D eigenvalue weighted by Crippen LogP contribution is 2.32. The van der Waals surface area contributed by atoms with Gasteiger partial charge in [0.05, 0.1) is 16.9 Å². The van der Waals surface area contributed by atoms with Crippen LogP contribution in [0.3, 0.4) is 0 Å². The Kier molecular flexibility index (Phi) is 3.12. The summed E-state index contributed by atoms with van der Waals surface area (Å²) in [5.41, 5.74) is 0.559. The molecule has 1 atom stereocenters. The Morgan fingerprint density at radius 2 is 2.10 bits per heavy atom. The van der Waals surface area contributed by atoms with Crippen LogP contribution in [-0.4, -0.2) is 36.7 Å². The molecule has 0 saturated carbocycles. The van der Waals surface area contributed by atoms with Crippen LogP contribution in [0, 0.1) is 5.82 Å². The fourth-order valence-electron chi connectivity index (χ4n) is 2.78. The molecule has 1 aromatic carbocycles. The van der Waals surface area contributed by atoms with Gasteiger partial charge in [0.2, 0.25) is 5.91 Å². The smallest absolute Gasteiger partial charge is 0.296 e. The van der Waals surface area contributed by atoms with Gasteiger partial charge in [0.25, 0.3) is 11.7 Å². The molecule has 2 amide bonds. The minimum Gasteiger partial charge on any atom is -0.355 e. The van der Waals surface area contributed by atoms with Gasteiger partial charge in [-0.25, -0.2) is 4.39 Å². The summed E-state index contributed by atoms with van der Waals surface area (Å²) in [5, 5.41) is 5.16. The number of benzene rings is 1. The molecule has 0 bridgehead atoms. The van der Waals surface area contributed by atoms with Crippen LogP contribution >= 0.6 is 0 Å². The number of nitrogens with zero attached hydrogens (tertiary/aromatic N) is 1.